The Morgan fingerprint density at radius 1 is 1.20 bits per heavy atom. The lowest BCUT2D eigenvalue weighted by Gasteiger charge is -2.48. The van der Waals surface area contributed by atoms with Gasteiger partial charge in [0.15, 0.2) is 6.29 Å². The summed E-state index contributed by atoms with van der Waals surface area (Å²) in [6.07, 6.45) is -8.16. The molecular formula is C17H34N4O9. The van der Waals surface area contributed by atoms with Gasteiger partial charge in [0.05, 0.1) is 31.4 Å². The van der Waals surface area contributed by atoms with Gasteiger partial charge in [0, 0.05) is 12.5 Å². The number of hydrogen-bond acceptors (Lipinski definition) is 12. The van der Waals surface area contributed by atoms with E-state index >= 15 is 0 Å². The number of nitrogens with two attached hydrogens (primary N) is 3. The fraction of sp³-hybridized carbons (Fsp3) is 0.941. The number of hydrogen-bond donors (Lipinski definition) is 10. The Kier molecular flexibility index (Phi) is 8.91. The lowest BCUT2D eigenvalue weighted by Crippen LogP contribution is -2.67. The van der Waals surface area contributed by atoms with Crippen molar-refractivity contribution in [1.82, 2.24) is 5.32 Å². The molecule has 5 unspecified atom stereocenters. The van der Waals surface area contributed by atoms with E-state index in [4.69, 9.17) is 26.7 Å². The van der Waals surface area contributed by atoms with E-state index in [2.05, 4.69) is 5.32 Å². The van der Waals surface area contributed by atoms with Gasteiger partial charge in [-0.25, -0.2) is 0 Å². The van der Waals surface area contributed by atoms with Crippen molar-refractivity contribution in [2.75, 3.05) is 19.8 Å². The molecule has 13 heteroatoms. The van der Waals surface area contributed by atoms with Crippen molar-refractivity contribution in [3.63, 3.8) is 0 Å². The molecule has 2 rings (SSSR count). The van der Waals surface area contributed by atoms with Crippen molar-refractivity contribution in [2.45, 2.75) is 79.8 Å². The number of aliphatic hydroxyl groups excluding tert-OH is 6. The number of nitrogens with one attached hydrogen (secondary N) is 1. The first-order valence-corrected chi connectivity index (χ1v) is 9.88. The van der Waals surface area contributed by atoms with Crippen molar-refractivity contribution in [1.29, 1.82) is 0 Å². The largest absolute Gasteiger partial charge is 0.393 e. The smallest absolute Gasteiger partial charge is 0.249 e. The Morgan fingerprint density at radius 2 is 1.83 bits per heavy atom. The lowest BCUT2D eigenvalue weighted by molar-refractivity contribution is -0.307. The molecule has 0 aromatic heterocycles. The maximum Gasteiger partial charge on any atom is 0.249 e. The molecule has 30 heavy (non-hydrogen) atoms. The molecule has 1 heterocycles. The van der Waals surface area contributed by atoms with Crippen LogP contribution in [0.5, 0.6) is 0 Å². The molecule has 1 aliphatic heterocycles. The van der Waals surface area contributed by atoms with Gasteiger partial charge in [-0.3, -0.25) is 4.79 Å². The molecule has 0 bridgehead atoms. The average Bonchev–Trinajstić information content (AvgIpc) is 2.72. The van der Waals surface area contributed by atoms with E-state index in [0.717, 1.165) is 0 Å². The summed E-state index contributed by atoms with van der Waals surface area (Å²) < 4.78 is 11.2. The van der Waals surface area contributed by atoms with E-state index in [-0.39, 0.29) is 25.8 Å². The zero-order chi connectivity index (χ0) is 22.6. The number of ether oxygens (including phenoxy) is 2. The molecule has 0 aromatic rings. The van der Waals surface area contributed by atoms with Crippen LogP contribution in [0.3, 0.4) is 0 Å². The fourth-order valence-corrected chi connectivity index (χ4v) is 3.74. The minimum Gasteiger partial charge on any atom is -0.393 e. The summed E-state index contributed by atoms with van der Waals surface area (Å²) in [6, 6.07) is -2.89. The monoisotopic (exact) mass is 438 g/mol. The summed E-state index contributed by atoms with van der Waals surface area (Å²) in [4.78, 5) is 12.0. The third kappa shape index (κ3) is 5.44. The molecule has 1 aliphatic carbocycles. The summed E-state index contributed by atoms with van der Waals surface area (Å²) in [5, 5.41) is 62.3. The SMILES string of the molecule is NCC[C@H](O)C(=O)N[C@@H]1CC(N)[C@@H](O[C@H]2OC(CO)(CO)CC(O)C2N)C(O)C1O. The number of carbonyl (C=O) groups excluding carboxylic acids is 1. The number of carbonyl (C=O) groups is 1. The zero-order valence-corrected chi connectivity index (χ0v) is 16.6. The highest BCUT2D eigenvalue weighted by Crippen LogP contribution is 2.32. The minimum absolute atomic E-state index is 0.000364. The molecule has 9 atom stereocenters. The maximum atomic E-state index is 12.0. The summed E-state index contributed by atoms with van der Waals surface area (Å²) in [5.74, 6) is -0.750. The molecular weight excluding hydrogens is 404 g/mol. The van der Waals surface area contributed by atoms with Gasteiger partial charge >= 0.3 is 0 Å². The van der Waals surface area contributed by atoms with E-state index in [9.17, 15) is 35.4 Å². The minimum atomic E-state index is -1.56. The van der Waals surface area contributed by atoms with Crippen molar-refractivity contribution in [2.24, 2.45) is 17.2 Å². The van der Waals surface area contributed by atoms with Crippen LogP contribution < -0.4 is 22.5 Å². The highest BCUT2D eigenvalue weighted by Gasteiger charge is 2.50. The quantitative estimate of drug-likeness (QED) is 0.170. The molecule has 1 saturated carbocycles. The number of aliphatic hydroxyl groups is 6. The van der Waals surface area contributed by atoms with Gasteiger partial charge in [0.1, 0.15) is 30.0 Å². The standard InChI is InChI=1S/C17H34N4O9/c18-2-1-9(24)15(28)21-8-3-7(19)14(13(27)12(8)26)29-16-11(20)10(25)4-17(5-22,6-23)30-16/h7-14,16,22-27H,1-6,18-20H2,(H,21,28)/t7?,8-,9+,10?,11?,12?,13?,14-,16+/m1/s1. The van der Waals surface area contributed by atoms with Gasteiger partial charge < -0.3 is 62.6 Å². The highest BCUT2D eigenvalue weighted by atomic mass is 16.7. The second-order valence-electron chi connectivity index (χ2n) is 8.02. The van der Waals surface area contributed by atoms with Crippen LogP contribution >= 0.6 is 0 Å². The van der Waals surface area contributed by atoms with Crippen molar-refractivity contribution in [3.05, 3.63) is 0 Å². The van der Waals surface area contributed by atoms with Crippen LogP contribution in [0.4, 0.5) is 0 Å². The topological polar surface area (TPSA) is 247 Å². The van der Waals surface area contributed by atoms with Crippen molar-refractivity contribution >= 4 is 5.91 Å². The summed E-state index contributed by atoms with van der Waals surface area (Å²) in [6.45, 7) is -1.11. The fourth-order valence-electron chi connectivity index (χ4n) is 3.74. The number of rotatable bonds is 8. The Morgan fingerprint density at radius 3 is 2.40 bits per heavy atom. The Hall–Kier alpha value is -0.970. The number of amides is 1. The average molecular weight is 438 g/mol. The van der Waals surface area contributed by atoms with Crippen molar-refractivity contribution < 1.29 is 44.9 Å². The van der Waals surface area contributed by atoms with Crippen LogP contribution in [0.1, 0.15) is 19.3 Å². The molecule has 13 nitrogen and oxygen atoms in total. The van der Waals surface area contributed by atoms with Gasteiger partial charge in [-0.1, -0.05) is 0 Å². The molecule has 0 radical (unpaired) electrons. The van der Waals surface area contributed by atoms with Crippen LogP contribution in [-0.4, -0.2) is 117 Å². The van der Waals surface area contributed by atoms with Crippen LogP contribution in [0.15, 0.2) is 0 Å². The normalized spacial score (nSPS) is 40.0. The van der Waals surface area contributed by atoms with Crippen LogP contribution in [0, 0.1) is 0 Å². The first-order valence-electron chi connectivity index (χ1n) is 9.88. The van der Waals surface area contributed by atoms with Gasteiger partial charge in [0.25, 0.3) is 0 Å². The molecule has 1 saturated heterocycles. The summed E-state index contributed by atoms with van der Waals surface area (Å²) in [5.41, 5.74) is 15.8. The van der Waals surface area contributed by atoms with E-state index < -0.39 is 79.7 Å². The Bertz CT molecular complexity index is 567. The van der Waals surface area contributed by atoms with Crippen LogP contribution in [-0.2, 0) is 14.3 Å². The first kappa shape index (κ1) is 25.3. The van der Waals surface area contributed by atoms with Crippen LogP contribution in [0.2, 0.25) is 0 Å². The summed E-state index contributed by atoms with van der Waals surface area (Å²) >= 11 is 0. The van der Waals surface area contributed by atoms with E-state index in [1.165, 1.54) is 0 Å². The lowest BCUT2D eigenvalue weighted by atomic mass is 9.83. The van der Waals surface area contributed by atoms with E-state index in [1.807, 2.05) is 0 Å². The molecule has 13 N–H and O–H groups in total. The van der Waals surface area contributed by atoms with E-state index in [0.29, 0.717) is 0 Å². The van der Waals surface area contributed by atoms with Gasteiger partial charge in [0.2, 0.25) is 5.91 Å². The van der Waals surface area contributed by atoms with Gasteiger partial charge in [-0.15, -0.1) is 0 Å². The van der Waals surface area contributed by atoms with Crippen LogP contribution in [0.25, 0.3) is 0 Å². The maximum absolute atomic E-state index is 12.0. The van der Waals surface area contributed by atoms with Gasteiger partial charge in [-0.05, 0) is 19.4 Å². The second kappa shape index (κ2) is 10.6. The highest BCUT2D eigenvalue weighted by molar-refractivity contribution is 5.80. The zero-order valence-electron chi connectivity index (χ0n) is 16.6. The molecule has 0 aromatic carbocycles. The molecule has 1 amide bonds. The predicted octanol–water partition coefficient (Wildman–Crippen LogP) is -5.82. The molecule has 2 aliphatic rings. The predicted molar refractivity (Wildman–Crippen MR) is 101 cm³/mol. The summed E-state index contributed by atoms with van der Waals surface area (Å²) in [7, 11) is 0. The third-order valence-corrected chi connectivity index (χ3v) is 5.69. The Labute approximate surface area is 173 Å². The Balaban J connectivity index is 2.06. The second-order valence-corrected chi connectivity index (χ2v) is 8.02. The molecule has 0 spiro atoms. The first-order chi connectivity index (χ1) is 14.1. The van der Waals surface area contributed by atoms with Crippen molar-refractivity contribution in [3.8, 4) is 0 Å². The third-order valence-electron chi connectivity index (χ3n) is 5.69. The molecule has 2 fully saturated rings. The van der Waals surface area contributed by atoms with E-state index in [1.54, 1.807) is 0 Å². The molecule has 176 valence electrons. The van der Waals surface area contributed by atoms with Gasteiger partial charge in [-0.2, -0.15) is 0 Å².